The Morgan fingerprint density at radius 2 is 2.00 bits per heavy atom. The normalized spacial score (nSPS) is 11.0. The summed E-state index contributed by atoms with van der Waals surface area (Å²) in [6, 6.07) is 12.8. The zero-order valence-corrected chi connectivity index (χ0v) is 16.8. The van der Waals surface area contributed by atoms with Gasteiger partial charge in [-0.05, 0) is 44.2 Å². The highest BCUT2D eigenvalue weighted by atomic mass is 35.5. The van der Waals surface area contributed by atoms with Crippen molar-refractivity contribution < 1.29 is 4.74 Å². The van der Waals surface area contributed by atoms with Crippen molar-refractivity contribution in [1.29, 1.82) is 0 Å². The second-order valence-electron chi connectivity index (χ2n) is 6.58. The number of halogens is 1. The van der Waals surface area contributed by atoms with E-state index in [4.69, 9.17) is 16.3 Å². The molecule has 0 aliphatic heterocycles. The Hall–Kier alpha value is -3.38. The van der Waals surface area contributed by atoms with E-state index in [1.54, 1.807) is 42.1 Å². The van der Waals surface area contributed by atoms with Crippen molar-refractivity contribution in [2.45, 2.75) is 13.8 Å². The van der Waals surface area contributed by atoms with E-state index in [1.807, 2.05) is 31.2 Å². The Morgan fingerprint density at radius 1 is 1.21 bits per heavy atom. The van der Waals surface area contributed by atoms with Gasteiger partial charge in [-0.1, -0.05) is 36.4 Å². The average molecular weight is 407 g/mol. The summed E-state index contributed by atoms with van der Waals surface area (Å²) in [5.41, 5.74) is 3.43. The van der Waals surface area contributed by atoms with Gasteiger partial charge >= 0.3 is 0 Å². The molecule has 0 fully saturated rings. The number of rotatable bonds is 5. The number of pyridine rings is 1. The van der Waals surface area contributed by atoms with Crippen molar-refractivity contribution in [2.24, 2.45) is 0 Å². The first-order valence-corrected chi connectivity index (χ1v) is 9.46. The SMILES string of the molecule is C=CCOc1cccn2c(=O)c(-c3cc(C)n(-c4ccccc4Cl)n3)c(C)nc12. The van der Waals surface area contributed by atoms with Crippen LogP contribution in [-0.4, -0.2) is 25.8 Å². The van der Waals surface area contributed by atoms with Crippen LogP contribution in [0.2, 0.25) is 5.02 Å². The molecule has 3 aromatic heterocycles. The molecule has 4 rings (SSSR count). The largest absolute Gasteiger partial charge is 0.486 e. The first-order chi connectivity index (χ1) is 14.0. The third-order valence-electron chi connectivity index (χ3n) is 4.58. The molecule has 3 heterocycles. The Labute approximate surface area is 172 Å². The summed E-state index contributed by atoms with van der Waals surface area (Å²) < 4.78 is 8.85. The molecule has 29 heavy (non-hydrogen) atoms. The number of fused-ring (bicyclic) bond motifs is 1. The number of ether oxygens (including phenoxy) is 1. The molecular formula is C22H19ClN4O2. The van der Waals surface area contributed by atoms with E-state index in [9.17, 15) is 4.79 Å². The van der Waals surface area contributed by atoms with Crippen molar-refractivity contribution in [3.05, 3.63) is 88.1 Å². The summed E-state index contributed by atoms with van der Waals surface area (Å²) in [5.74, 6) is 0.525. The molecule has 7 heteroatoms. The fourth-order valence-electron chi connectivity index (χ4n) is 3.26. The minimum absolute atomic E-state index is 0.208. The van der Waals surface area contributed by atoms with Gasteiger partial charge in [-0.2, -0.15) is 5.10 Å². The molecule has 0 amide bonds. The topological polar surface area (TPSA) is 61.4 Å². The number of aromatic nitrogens is 4. The summed E-state index contributed by atoms with van der Waals surface area (Å²) in [4.78, 5) is 17.9. The van der Waals surface area contributed by atoms with Gasteiger partial charge in [0.25, 0.3) is 5.56 Å². The van der Waals surface area contributed by atoms with Crippen LogP contribution in [0.25, 0.3) is 22.6 Å². The molecular weight excluding hydrogens is 388 g/mol. The summed E-state index contributed by atoms with van der Waals surface area (Å²) >= 11 is 6.33. The monoisotopic (exact) mass is 406 g/mol. The van der Waals surface area contributed by atoms with Crippen LogP contribution in [0.4, 0.5) is 0 Å². The van der Waals surface area contributed by atoms with E-state index in [0.29, 0.717) is 40.0 Å². The lowest BCUT2D eigenvalue weighted by molar-refractivity contribution is 0.365. The standard InChI is InChI=1S/C22H19ClN4O2/c1-4-12-29-19-10-7-11-26-21(19)24-15(3)20(22(26)28)17-13-14(2)27(25-17)18-9-6-5-8-16(18)23/h4-11,13H,1,12H2,2-3H3. The second kappa shape index (κ2) is 7.56. The molecule has 0 atom stereocenters. The molecule has 0 unspecified atom stereocenters. The van der Waals surface area contributed by atoms with Crippen LogP contribution in [0, 0.1) is 13.8 Å². The molecule has 0 spiro atoms. The number of benzene rings is 1. The highest BCUT2D eigenvalue weighted by Gasteiger charge is 2.18. The quantitative estimate of drug-likeness (QED) is 0.461. The van der Waals surface area contributed by atoms with Gasteiger partial charge in [0.2, 0.25) is 0 Å². The van der Waals surface area contributed by atoms with E-state index >= 15 is 0 Å². The predicted molar refractivity (Wildman–Crippen MR) is 114 cm³/mol. The van der Waals surface area contributed by atoms with Crippen LogP contribution in [0.5, 0.6) is 5.75 Å². The Morgan fingerprint density at radius 3 is 2.76 bits per heavy atom. The van der Waals surface area contributed by atoms with E-state index < -0.39 is 0 Å². The zero-order valence-electron chi connectivity index (χ0n) is 16.1. The molecule has 0 saturated carbocycles. The van der Waals surface area contributed by atoms with Crippen molar-refractivity contribution in [3.8, 4) is 22.7 Å². The van der Waals surface area contributed by atoms with E-state index in [0.717, 1.165) is 11.4 Å². The number of aryl methyl sites for hydroxylation is 2. The van der Waals surface area contributed by atoms with Crippen LogP contribution in [0.1, 0.15) is 11.4 Å². The minimum atomic E-state index is -0.208. The van der Waals surface area contributed by atoms with Crippen LogP contribution >= 0.6 is 11.6 Å². The van der Waals surface area contributed by atoms with Crippen LogP contribution in [0.15, 0.2) is 66.1 Å². The van der Waals surface area contributed by atoms with Gasteiger partial charge in [0.05, 0.1) is 22.0 Å². The third-order valence-corrected chi connectivity index (χ3v) is 4.90. The Balaban J connectivity index is 1.90. The highest BCUT2D eigenvalue weighted by molar-refractivity contribution is 6.32. The number of hydrogen-bond donors (Lipinski definition) is 0. The van der Waals surface area contributed by atoms with E-state index in [2.05, 4.69) is 16.7 Å². The predicted octanol–water partition coefficient (Wildman–Crippen LogP) is 4.38. The summed E-state index contributed by atoms with van der Waals surface area (Å²) in [7, 11) is 0. The zero-order chi connectivity index (χ0) is 20.5. The molecule has 0 aliphatic rings. The lowest BCUT2D eigenvalue weighted by Gasteiger charge is -2.10. The van der Waals surface area contributed by atoms with Crippen molar-refractivity contribution in [2.75, 3.05) is 6.61 Å². The van der Waals surface area contributed by atoms with Gasteiger partial charge in [-0.25, -0.2) is 9.67 Å². The fraction of sp³-hybridized carbons (Fsp3) is 0.136. The van der Waals surface area contributed by atoms with Crippen LogP contribution < -0.4 is 10.3 Å². The number of para-hydroxylation sites is 1. The van der Waals surface area contributed by atoms with Gasteiger partial charge in [-0.3, -0.25) is 9.20 Å². The molecule has 0 radical (unpaired) electrons. The van der Waals surface area contributed by atoms with Gasteiger partial charge in [-0.15, -0.1) is 0 Å². The fourth-order valence-corrected chi connectivity index (χ4v) is 3.48. The van der Waals surface area contributed by atoms with Gasteiger partial charge in [0.15, 0.2) is 11.4 Å². The molecule has 4 aromatic rings. The smallest absolute Gasteiger partial charge is 0.267 e. The number of hydrogen-bond acceptors (Lipinski definition) is 4. The lowest BCUT2D eigenvalue weighted by atomic mass is 10.1. The third kappa shape index (κ3) is 3.32. The summed E-state index contributed by atoms with van der Waals surface area (Å²) in [6.45, 7) is 7.70. The Bertz CT molecular complexity index is 1290. The summed E-state index contributed by atoms with van der Waals surface area (Å²) in [6.07, 6.45) is 3.32. The van der Waals surface area contributed by atoms with Crippen LogP contribution in [-0.2, 0) is 0 Å². The highest BCUT2D eigenvalue weighted by Crippen LogP contribution is 2.26. The molecule has 6 nitrogen and oxygen atoms in total. The molecule has 0 N–H and O–H groups in total. The van der Waals surface area contributed by atoms with Gasteiger partial charge < -0.3 is 4.74 Å². The van der Waals surface area contributed by atoms with Crippen LogP contribution in [0.3, 0.4) is 0 Å². The van der Waals surface area contributed by atoms with Gasteiger partial charge in [0.1, 0.15) is 12.3 Å². The maximum absolute atomic E-state index is 13.3. The lowest BCUT2D eigenvalue weighted by Crippen LogP contribution is -2.19. The molecule has 1 aromatic carbocycles. The minimum Gasteiger partial charge on any atom is -0.486 e. The van der Waals surface area contributed by atoms with Crippen molar-refractivity contribution >= 4 is 17.2 Å². The maximum Gasteiger partial charge on any atom is 0.267 e. The second-order valence-corrected chi connectivity index (χ2v) is 6.98. The molecule has 0 aliphatic carbocycles. The first-order valence-electron chi connectivity index (χ1n) is 9.09. The van der Waals surface area contributed by atoms with Crippen molar-refractivity contribution in [3.63, 3.8) is 0 Å². The van der Waals surface area contributed by atoms with Crippen molar-refractivity contribution in [1.82, 2.24) is 19.2 Å². The maximum atomic E-state index is 13.3. The first kappa shape index (κ1) is 19.0. The Kier molecular flexibility index (Phi) is 4.94. The van der Waals surface area contributed by atoms with E-state index in [1.165, 1.54) is 4.40 Å². The van der Waals surface area contributed by atoms with Gasteiger partial charge in [0, 0.05) is 11.9 Å². The molecule has 0 saturated heterocycles. The molecule has 146 valence electrons. The number of nitrogens with zero attached hydrogens (tertiary/aromatic N) is 4. The average Bonchev–Trinajstić information content (AvgIpc) is 3.08. The summed E-state index contributed by atoms with van der Waals surface area (Å²) in [5, 5.41) is 5.23. The van der Waals surface area contributed by atoms with E-state index in [-0.39, 0.29) is 5.56 Å². The molecule has 0 bridgehead atoms.